The first-order valence-corrected chi connectivity index (χ1v) is 10.4. The number of likely N-dealkylation sites (N-methyl/N-ethyl adjacent to an activating group) is 2. The highest BCUT2D eigenvalue weighted by molar-refractivity contribution is 7.89. The van der Waals surface area contributed by atoms with Gasteiger partial charge in [-0.1, -0.05) is 6.07 Å². The minimum absolute atomic E-state index is 0.148. The Kier molecular flexibility index (Phi) is 5.98. The lowest BCUT2D eigenvalue weighted by Crippen LogP contribution is -2.24. The van der Waals surface area contributed by atoms with Crippen molar-refractivity contribution in [3.8, 4) is 5.75 Å². The number of pyridine rings is 1. The molecule has 0 unspecified atom stereocenters. The molecule has 7 nitrogen and oxygen atoms in total. The van der Waals surface area contributed by atoms with Crippen LogP contribution in [0.2, 0.25) is 0 Å². The minimum atomic E-state index is -3.62. The number of nitrogens with zero attached hydrogens (tertiary/aromatic N) is 3. The standard InChI is InChI=1S/C19H26N4O3S/c1-22(2)10-11-26-19-14-20-8-6-16(19)13-21-27(24,25)17-5-4-15-7-9-23(3)18(15)12-17/h4-6,8,12,14,21H,7,9-11,13H2,1-3H3. The van der Waals surface area contributed by atoms with Crippen LogP contribution in [-0.2, 0) is 23.0 Å². The third kappa shape index (κ3) is 4.77. The summed E-state index contributed by atoms with van der Waals surface area (Å²) in [4.78, 5) is 8.44. The third-order valence-electron chi connectivity index (χ3n) is 4.61. The summed E-state index contributed by atoms with van der Waals surface area (Å²) in [6.07, 6.45) is 4.20. The molecular formula is C19H26N4O3S. The van der Waals surface area contributed by atoms with Gasteiger partial charge in [-0.05, 0) is 44.3 Å². The number of nitrogens with one attached hydrogen (secondary N) is 1. The number of sulfonamides is 1. The van der Waals surface area contributed by atoms with E-state index in [2.05, 4.69) is 14.6 Å². The van der Waals surface area contributed by atoms with Crippen molar-refractivity contribution in [2.75, 3.05) is 45.7 Å². The molecule has 0 bridgehead atoms. The van der Waals surface area contributed by atoms with E-state index < -0.39 is 10.0 Å². The van der Waals surface area contributed by atoms with E-state index in [-0.39, 0.29) is 11.4 Å². The predicted molar refractivity (Wildman–Crippen MR) is 106 cm³/mol. The topological polar surface area (TPSA) is 74.8 Å². The van der Waals surface area contributed by atoms with Gasteiger partial charge >= 0.3 is 0 Å². The maximum Gasteiger partial charge on any atom is 0.240 e. The number of ether oxygens (including phenoxy) is 1. The molecule has 3 rings (SSSR count). The maximum atomic E-state index is 12.7. The summed E-state index contributed by atoms with van der Waals surface area (Å²) in [5, 5.41) is 0. The normalized spacial score (nSPS) is 13.9. The van der Waals surface area contributed by atoms with Crippen molar-refractivity contribution in [1.82, 2.24) is 14.6 Å². The molecule has 0 spiro atoms. The molecule has 0 saturated heterocycles. The average Bonchev–Trinajstić information content (AvgIpc) is 3.01. The molecule has 1 aliphatic heterocycles. The molecular weight excluding hydrogens is 364 g/mol. The molecule has 146 valence electrons. The quantitative estimate of drug-likeness (QED) is 0.736. The molecule has 1 aliphatic rings. The second kappa shape index (κ2) is 8.24. The Balaban J connectivity index is 1.70. The summed E-state index contributed by atoms with van der Waals surface area (Å²) in [6, 6.07) is 7.08. The van der Waals surface area contributed by atoms with E-state index in [1.54, 1.807) is 30.6 Å². The van der Waals surface area contributed by atoms with Crippen LogP contribution in [0.5, 0.6) is 5.75 Å². The highest BCUT2D eigenvalue weighted by Crippen LogP contribution is 2.29. The molecule has 1 aromatic carbocycles. The SMILES string of the molecule is CN(C)CCOc1cnccc1CNS(=O)(=O)c1ccc2c(c1)N(C)CC2. The molecule has 1 aromatic heterocycles. The second-order valence-electron chi connectivity index (χ2n) is 6.92. The Labute approximate surface area is 161 Å². The Morgan fingerprint density at radius 1 is 1.30 bits per heavy atom. The summed E-state index contributed by atoms with van der Waals surface area (Å²) < 4.78 is 33.9. The van der Waals surface area contributed by atoms with E-state index in [4.69, 9.17) is 4.74 Å². The summed E-state index contributed by atoms with van der Waals surface area (Å²) in [7, 11) is 2.30. The smallest absolute Gasteiger partial charge is 0.240 e. The lowest BCUT2D eigenvalue weighted by Gasteiger charge is -2.15. The van der Waals surface area contributed by atoms with Gasteiger partial charge in [0.25, 0.3) is 0 Å². The molecule has 0 radical (unpaired) electrons. The van der Waals surface area contributed by atoms with Crippen LogP contribution in [0, 0.1) is 0 Å². The van der Waals surface area contributed by atoms with E-state index in [9.17, 15) is 8.42 Å². The van der Waals surface area contributed by atoms with E-state index in [1.165, 1.54) is 5.56 Å². The van der Waals surface area contributed by atoms with Crippen LogP contribution in [-0.4, -0.2) is 59.1 Å². The van der Waals surface area contributed by atoms with E-state index in [1.807, 2.05) is 32.1 Å². The Morgan fingerprint density at radius 2 is 2.11 bits per heavy atom. The largest absolute Gasteiger partial charge is 0.490 e. The summed E-state index contributed by atoms with van der Waals surface area (Å²) in [5.74, 6) is 0.593. The molecule has 0 fully saturated rings. The van der Waals surface area contributed by atoms with Crippen LogP contribution in [0.1, 0.15) is 11.1 Å². The van der Waals surface area contributed by atoms with Crippen molar-refractivity contribution in [2.45, 2.75) is 17.9 Å². The van der Waals surface area contributed by atoms with Gasteiger partial charge in [0.1, 0.15) is 12.4 Å². The zero-order chi connectivity index (χ0) is 19.4. The molecule has 2 heterocycles. The van der Waals surface area contributed by atoms with Gasteiger partial charge in [-0.3, -0.25) is 4.98 Å². The summed E-state index contributed by atoms with van der Waals surface area (Å²) >= 11 is 0. The summed E-state index contributed by atoms with van der Waals surface area (Å²) in [5.41, 5.74) is 2.92. The van der Waals surface area contributed by atoms with Crippen molar-refractivity contribution in [3.63, 3.8) is 0 Å². The van der Waals surface area contributed by atoms with Crippen molar-refractivity contribution in [1.29, 1.82) is 0 Å². The third-order valence-corrected chi connectivity index (χ3v) is 6.01. The first kappa shape index (κ1) is 19.6. The molecule has 2 aromatic rings. The van der Waals surface area contributed by atoms with Gasteiger partial charge < -0.3 is 14.5 Å². The second-order valence-corrected chi connectivity index (χ2v) is 8.69. The predicted octanol–water partition coefficient (Wildman–Crippen LogP) is 1.49. The van der Waals surface area contributed by atoms with Gasteiger partial charge in [0.05, 0.1) is 11.1 Å². The molecule has 0 amide bonds. The van der Waals surface area contributed by atoms with Crippen LogP contribution in [0.25, 0.3) is 0 Å². The first-order chi connectivity index (χ1) is 12.9. The van der Waals surface area contributed by atoms with Crippen LogP contribution in [0.15, 0.2) is 41.6 Å². The number of hydrogen-bond acceptors (Lipinski definition) is 6. The van der Waals surface area contributed by atoms with Gasteiger partial charge in [0.15, 0.2) is 0 Å². The monoisotopic (exact) mass is 390 g/mol. The molecule has 27 heavy (non-hydrogen) atoms. The molecule has 0 saturated carbocycles. The lowest BCUT2D eigenvalue weighted by molar-refractivity contribution is 0.258. The maximum absolute atomic E-state index is 12.7. The Hall–Kier alpha value is -2.16. The van der Waals surface area contributed by atoms with Crippen molar-refractivity contribution in [3.05, 3.63) is 47.8 Å². The molecule has 8 heteroatoms. The highest BCUT2D eigenvalue weighted by atomic mass is 32.2. The van der Waals surface area contributed by atoms with Gasteiger partial charge in [-0.2, -0.15) is 0 Å². The fraction of sp³-hybridized carbons (Fsp3) is 0.421. The van der Waals surface area contributed by atoms with E-state index >= 15 is 0 Å². The Morgan fingerprint density at radius 3 is 2.89 bits per heavy atom. The number of hydrogen-bond donors (Lipinski definition) is 1. The summed E-state index contributed by atoms with van der Waals surface area (Å²) in [6.45, 7) is 2.34. The number of fused-ring (bicyclic) bond motifs is 1. The van der Waals surface area contributed by atoms with Gasteiger partial charge in [-0.15, -0.1) is 0 Å². The molecule has 0 aliphatic carbocycles. The highest BCUT2D eigenvalue weighted by Gasteiger charge is 2.21. The zero-order valence-corrected chi connectivity index (χ0v) is 16.8. The number of rotatable bonds is 8. The number of benzene rings is 1. The van der Waals surface area contributed by atoms with Crippen LogP contribution in [0.4, 0.5) is 5.69 Å². The number of aromatic nitrogens is 1. The number of anilines is 1. The first-order valence-electron chi connectivity index (χ1n) is 8.91. The van der Waals surface area contributed by atoms with Gasteiger partial charge in [0, 0.05) is 44.1 Å². The van der Waals surface area contributed by atoms with Crippen molar-refractivity contribution >= 4 is 15.7 Å². The van der Waals surface area contributed by atoms with Crippen LogP contribution in [0.3, 0.4) is 0 Å². The molecule has 1 N–H and O–H groups in total. The molecule has 0 atom stereocenters. The fourth-order valence-corrected chi connectivity index (χ4v) is 3.99. The zero-order valence-electron chi connectivity index (χ0n) is 16.0. The van der Waals surface area contributed by atoms with E-state index in [0.717, 1.165) is 30.8 Å². The fourth-order valence-electron chi connectivity index (χ4n) is 2.97. The van der Waals surface area contributed by atoms with Crippen molar-refractivity contribution < 1.29 is 13.2 Å². The lowest BCUT2D eigenvalue weighted by atomic mass is 10.2. The average molecular weight is 391 g/mol. The van der Waals surface area contributed by atoms with Gasteiger partial charge in [-0.25, -0.2) is 13.1 Å². The van der Waals surface area contributed by atoms with Crippen LogP contribution >= 0.6 is 0 Å². The van der Waals surface area contributed by atoms with Crippen molar-refractivity contribution in [2.24, 2.45) is 0 Å². The van der Waals surface area contributed by atoms with Crippen LogP contribution < -0.4 is 14.4 Å². The van der Waals surface area contributed by atoms with Gasteiger partial charge in [0.2, 0.25) is 10.0 Å². The Bertz CT molecular complexity index is 900. The van der Waals surface area contributed by atoms with E-state index in [0.29, 0.717) is 12.4 Å². The minimum Gasteiger partial charge on any atom is -0.490 e.